The van der Waals surface area contributed by atoms with E-state index in [2.05, 4.69) is 5.32 Å². The molecule has 1 N–H and O–H groups in total. The minimum absolute atomic E-state index is 0.0526. The van der Waals surface area contributed by atoms with Crippen LogP contribution in [0.2, 0.25) is 5.02 Å². The second-order valence-corrected chi connectivity index (χ2v) is 7.18. The molecule has 22 heavy (non-hydrogen) atoms. The first kappa shape index (κ1) is 18.7. The van der Waals surface area contributed by atoms with Crippen molar-refractivity contribution in [1.29, 1.82) is 0 Å². The van der Waals surface area contributed by atoms with E-state index < -0.39 is 10.0 Å². The molecular formula is C14H21ClN2O4S. The van der Waals surface area contributed by atoms with Crippen molar-refractivity contribution in [1.82, 2.24) is 5.32 Å². The summed E-state index contributed by atoms with van der Waals surface area (Å²) in [6.07, 6.45) is 1.16. The highest BCUT2D eigenvalue weighted by atomic mass is 35.5. The predicted octanol–water partition coefficient (Wildman–Crippen LogP) is 1.57. The molecule has 0 aliphatic rings. The highest BCUT2D eigenvalue weighted by Crippen LogP contribution is 2.24. The summed E-state index contributed by atoms with van der Waals surface area (Å²) in [5.41, 5.74) is 1.30. The van der Waals surface area contributed by atoms with Crippen LogP contribution in [-0.4, -0.2) is 47.4 Å². The molecule has 0 aliphatic carbocycles. The Kier molecular flexibility index (Phi) is 7.12. The van der Waals surface area contributed by atoms with Gasteiger partial charge < -0.3 is 10.1 Å². The third-order valence-corrected chi connectivity index (χ3v) is 4.62. The number of anilines is 1. The van der Waals surface area contributed by atoms with Crippen molar-refractivity contribution in [3.05, 3.63) is 28.8 Å². The summed E-state index contributed by atoms with van der Waals surface area (Å²) < 4.78 is 29.9. The average Bonchev–Trinajstić information content (AvgIpc) is 2.41. The van der Waals surface area contributed by atoms with Crippen LogP contribution in [0, 0.1) is 6.92 Å². The van der Waals surface area contributed by atoms with Crippen molar-refractivity contribution in [2.75, 3.05) is 37.4 Å². The van der Waals surface area contributed by atoms with E-state index in [0.29, 0.717) is 23.9 Å². The number of carbonyl (C=O) groups is 1. The smallest absolute Gasteiger partial charge is 0.232 e. The number of sulfonamides is 1. The van der Waals surface area contributed by atoms with Crippen LogP contribution in [0.25, 0.3) is 0 Å². The number of methoxy groups -OCH3 is 1. The van der Waals surface area contributed by atoms with Crippen molar-refractivity contribution in [3.8, 4) is 0 Å². The minimum Gasteiger partial charge on any atom is -0.383 e. The topological polar surface area (TPSA) is 75.7 Å². The van der Waals surface area contributed by atoms with E-state index in [0.717, 1.165) is 11.8 Å². The number of hydrogen-bond acceptors (Lipinski definition) is 4. The van der Waals surface area contributed by atoms with Gasteiger partial charge in [0.2, 0.25) is 15.9 Å². The van der Waals surface area contributed by atoms with E-state index in [-0.39, 0.29) is 18.9 Å². The Hall–Kier alpha value is -1.31. The monoisotopic (exact) mass is 348 g/mol. The van der Waals surface area contributed by atoms with Crippen molar-refractivity contribution in [2.24, 2.45) is 0 Å². The van der Waals surface area contributed by atoms with Gasteiger partial charge in [0.1, 0.15) is 0 Å². The second kappa shape index (κ2) is 8.36. The largest absolute Gasteiger partial charge is 0.383 e. The van der Waals surface area contributed by atoms with Crippen molar-refractivity contribution in [2.45, 2.75) is 13.3 Å². The summed E-state index contributed by atoms with van der Waals surface area (Å²) in [5.74, 6) is -0.232. The maximum Gasteiger partial charge on any atom is 0.232 e. The number of hydrogen-bond donors (Lipinski definition) is 1. The predicted molar refractivity (Wildman–Crippen MR) is 87.9 cm³/mol. The van der Waals surface area contributed by atoms with Gasteiger partial charge in [-0.3, -0.25) is 9.10 Å². The SMILES string of the molecule is COCCNC(=O)CCN(c1ccc(C)c(Cl)c1)S(C)(=O)=O. The second-order valence-electron chi connectivity index (χ2n) is 4.86. The highest BCUT2D eigenvalue weighted by Gasteiger charge is 2.19. The van der Waals surface area contributed by atoms with Crippen molar-refractivity contribution in [3.63, 3.8) is 0 Å². The normalized spacial score (nSPS) is 11.3. The van der Waals surface area contributed by atoms with Crippen LogP contribution in [0.5, 0.6) is 0 Å². The molecule has 0 heterocycles. The number of ether oxygens (including phenoxy) is 1. The van der Waals surface area contributed by atoms with Crippen LogP contribution >= 0.6 is 11.6 Å². The molecule has 1 aromatic carbocycles. The minimum atomic E-state index is -3.50. The van der Waals surface area contributed by atoms with E-state index in [9.17, 15) is 13.2 Å². The molecule has 0 aromatic heterocycles. The lowest BCUT2D eigenvalue weighted by Gasteiger charge is -2.22. The third-order valence-electron chi connectivity index (χ3n) is 3.01. The quantitative estimate of drug-likeness (QED) is 0.723. The molecule has 6 nitrogen and oxygen atoms in total. The lowest BCUT2D eigenvalue weighted by atomic mass is 10.2. The summed E-state index contributed by atoms with van der Waals surface area (Å²) in [4.78, 5) is 11.7. The van der Waals surface area contributed by atoms with Crippen LogP contribution < -0.4 is 9.62 Å². The molecule has 0 atom stereocenters. The standard InChI is InChI=1S/C14H21ClN2O4S/c1-11-4-5-12(10-13(11)15)17(22(3,19)20)8-6-14(18)16-7-9-21-2/h4-5,10H,6-9H2,1-3H3,(H,16,18). The van der Waals surface area contributed by atoms with Gasteiger partial charge in [0.25, 0.3) is 0 Å². The summed E-state index contributed by atoms with van der Waals surface area (Å²) >= 11 is 6.04. The maximum absolute atomic E-state index is 11.9. The first-order valence-electron chi connectivity index (χ1n) is 6.75. The van der Waals surface area contributed by atoms with Crippen LogP contribution in [0.1, 0.15) is 12.0 Å². The zero-order valence-electron chi connectivity index (χ0n) is 12.9. The van der Waals surface area contributed by atoms with Crippen LogP contribution in [0.15, 0.2) is 18.2 Å². The Balaban J connectivity index is 2.78. The summed E-state index contributed by atoms with van der Waals surface area (Å²) in [6.45, 7) is 2.69. The molecule has 0 saturated heterocycles. The number of carbonyl (C=O) groups excluding carboxylic acids is 1. The molecule has 0 aliphatic heterocycles. The fourth-order valence-electron chi connectivity index (χ4n) is 1.81. The number of aryl methyl sites for hydroxylation is 1. The molecule has 0 spiro atoms. The summed E-state index contributed by atoms with van der Waals surface area (Å²) in [7, 11) is -1.96. The average molecular weight is 349 g/mol. The lowest BCUT2D eigenvalue weighted by molar-refractivity contribution is -0.121. The van der Waals surface area contributed by atoms with Gasteiger partial charge in [0.05, 0.1) is 18.6 Å². The molecule has 0 bridgehead atoms. The number of benzene rings is 1. The Morgan fingerprint density at radius 1 is 1.41 bits per heavy atom. The van der Waals surface area contributed by atoms with E-state index in [1.165, 1.54) is 4.31 Å². The molecule has 0 radical (unpaired) electrons. The molecule has 0 fully saturated rings. The Labute approximate surface area is 136 Å². The zero-order valence-corrected chi connectivity index (χ0v) is 14.5. The van der Waals surface area contributed by atoms with Crippen LogP contribution in [-0.2, 0) is 19.6 Å². The zero-order chi connectivity index (χ0) is 16.8. The number of nitrogens with zero attached hydrogens (tertiary/aromatic N) is 1. The van der Waals surface area contributed by atoms with Gasteiger partial charge in [0, 0.05) is 31.6 Å². The molecule has 8 heteroatoms. The van der Waals surface area contributed by atoms with Gasteiger partial charge in [-0.15, -0.1) is 0 Å². The third kappa shape index (κ3) is 5.82. The number of rotatable bonds is 8. The van der Waals surface area contributed by atoms with E-state index in [1.54, 1.807) is 25.3 Å². The fourth-order valence-corrected chi connectivity index (χ4v) is 2.90. The van der Waals surface area contributed by atoms with Gasteiger partial charge in [-0.25, -0.2) is 8.42 Å². The highest BCUT2D eigenvalue weighted by molar-refractivity contribution is 7.92. The van der Waals surface area contributed by atoms with Crippen molar-refractivity contribution >= 4 is 33.2 Å². The van der Waals surface area contributed by atoms with E-state index in [1.807, 2.05) is 6.92 Å². The summed E-state index contributed by atoms with van der Waals surface area (Å²) in [5, 5.41) is 3.13. The van der Waals surface area contributed by atoms with Gasteiger partial charge in [0.15, 0.2) is 0 Å². The Bertz CT molecular complexity index is 619. The van der Waals surface area contributed by atoms with Gasteiger partial charge in [-0.2, -0.15) is 0 Å². The first-order valence-corrected chi connectivity index (χ1v) is 8.98. The van der Waals surface area contributed by atoms with Gasteiger partial charge >= 0.3 is 0 Å². The molecule has 0 saturated carbocycles. The van der Waals surface area contributed by atoms with Gasteiger partial charge in [-0.1, -0.05) is 17.7 Å². The fraction of sp³-hybridized carbons (Fsp3) is 0.500. The summed E-state index contributed by atoms with van der Waals surface area (Å²) in [6, 6.07) is 5.00. The number of halogens is 1. The number of amides is 1. The van der Waals surface area contributed by atoms with Gasteiger partial charge in [-0.05, 0) is 24.6 Å². The first-order chi connectivity index (χ1) is 10.3. The lowest BCUT2D eigenvalue weighted by Crippen LogP contribution is -2.35. The maximum atomic E-state index is 11.9. The Morgan fingerprint density at radius 3 is 2.64 bits per heavy atom. The Morgan fingerprint density at radius 2 is 2.09 bits per heavy atom. The van der Waals surface area contributed by atoms with Crippen LogP contribution in [0.4, 0.5) is 5.69 Å². The van der Waals surface area contributed by atoms with Crippen LogP contribution in [0.3, 0.4) is 0 Å². The molecular weight excluding hydrogens is 328 g/mol. The molecule has 124 valence electrons. The molecule has 1 rings (SSSR count). The molecule has 1 aromatic rings. The molecule has 1 amide bonds. The van der Waals surface area contributed by atoms with E-state index >= 15 is 0 Å². The van der Waals surface area contributed by atoms with E-state index in [4.69, 9.17) is 16.3 Å². The molecule has 0 unspecified atom stereocenters. The number of nitrogens with one attached hydrogen (secondary N) is 1. The van der Waals surface area contributed by atoms with Crippen molar-refractivity contribution < 1.29 is 17.9 Å².